The maximum absolute atomic E-state index is 12.8. The molecular weight excluding hydrogens is 630 g/mol. The Bertz CT molecular complexity index is 1400. The summed E-state index contributed by atoms with van der Waals surface area (Å²) in [6.45, 7) is 0.997. The van der Waals surface area contributed by atoms with Crippen molar-refractivity contribution in [2.75, 3.05) is 26.8 Å². The van der Waals surface area contributed by atoms with Crippen LogP contribution in [0, 0.1) is 0 Å². The van der Waals surface area contributed by atoms with Crippen molar-refractivity contribution in [3.05, 3.63) is 65.1 Å². The topological polar surface area (TPSA) is 86.1 Å². The number of carbonyl (C=O) groups excluding carboxylic acids is 1. The third-order valence-electron chi connectivity index (χ3n) is 6.47. The van der Waals surface area contributed by atoms with Crippen molar-refractivity contribution in [2.24, 2.45) is 5.16 Å². The van der Waals surface area contributed by atoms with Gasteiger partial charge in [-0.05, 0) is 25.0 Å². The second-order valence-electron chi connectivity index (χ2n) is 8.90. The molecule has 1 aromatic carbocycles. The first-order valence-corrected chi connectivity index (χ1v) is 14.6. The molecule has 2 aliphatic rings. The standard InChI is InChI=1S/C25H21Cl5N4O4S/c1-36-20-8-16(29)23(30)32-24(20)37-10-21(35)34-4-2-12(3-5-34)25-31-18(11-39-25)17-9-19(38-33-17)22-14(27)6-13(26)7-15(22)28/h6-8,11-12,19H,2-5,9-10H2,1H3. The fraction of sp³-hybridized carbons (Fsp3) is 0.360. The van der Waals surface area contributed by atoms with Crippen LogP contribution < -0.4 is 9.47 Å². The molecule has 0 bridgehead atoms. The largest absolute Gasteiger partial charge is 0.491 e. The first-order chi connectivity index (χ1) is 18.7. The lowest BCUT2D eigenvalue weighted by Gasteiger charge is -2.31. The Hall–Kier alpha value is -2.01. The van der Waals surface area contributed by atoms with Crippen LogP contribution in [0.4, 0.5) is 0 Å². The number of hydrogen-bond acceptors (Lipinski definition) is 8. The van der Waals surface area contributed by atoms with Gasteiger partial charge in [0, 0.05) is 47.5 Å². The predicted octanol–water partition coefficient (Wildman–Crippen LogP) is 7.46. The molecule has 0 saturated carbocycles. The summed E-state index contributed by atoms with van der Waals surface area (Å²) in [5.74, 6) is 0.515. The van der Waals surface area contributed by atoms with E-state index >= 15 is 0 Å². The number of benzene rings is 1. The highest BCUT2D eigenvalue weighted by Gasteiger charge is 2.31. The Morgan fingerprint density at radius 2 is 1.79 bits per heavy atom. The number of halogens is 5. The highest BCUT2D eigenvalue weighted by molar-refractivity contribution is 7.10. The summed E-state index contributed by atoms with van der Waals surface area (Å²) in [6, 6.07) is 4.77. The molecule has 0 aliphatic carbocycles. The summed E-state index contributed by atoms with van der Waals surface area (Å²) in [7, 11) is 1.46. The van der Waals surface area contributed by atoms with Crippen molar-refractivity contribution in [3.8, 4) is 11.6 Å². The predicted molar refractivity (Wildman–Crippen MR) is 153 cm³/mol. The number of hydrogen-bond donors (Lipinski definition) is 0. The molecule has 206 valence electrons. The van der Waals surface area contributed by atoms with Crippen LogP contribution in [0.5, 0.6) is 11.6 Å². The number of pyridine rings is 1. The highest BCUT2D eigenvalue weighted by Crippen LogP contribution is 2.40. The quantitative estimate of drug-likeness (QED) is 0.247. The maximum atomic E-state index is 12.8. The smallest absolute Gasteiger partial charge is 0.260 e. The van der Waals surface area contributed by atoms with Crippen molar-refractivity contribution in [2.45, 2.75) is 31.3 Å². The second kappa shape index (κ2) is 12.2. The molecule has 2 aromatic heterocycles. The number of piperidine rings is 1. The van der Waals surface area contributed by atoms with Crippen molar-refractivity contribution in [3.63, 3.8) is 0 Å². The zero-order valence-corrected chi connectivity index (χ0v) is 25.0. The lowest BCUT2D eigenvalue weighted by atomic mass is 9.97. The van der Waals surface area contributed by atoms with E-state index < -0.39 is 6.10 Å². The lowest BCUT2D eigenvalue weighted by Crippen LogP contribution is -2.40. The van der Waals surface area contributed by atoms with E-state index in [9.17, 15) is 4.79 Å². The SMILES string of the molecule is COc1cc(Cl)c(Cl)nc1OCC(=O)N1CCC(c2nc(C3=NOC(c4c(Cl)cc(Cl)cc4Cl)C3)cs2)CC1. The summed E-state index contributed by atoms with van der Waals surface area (Å²) >= 11 is 32.3. The Balaban J connectivity index is 1.14. The van der Waals surface area contributed by atoms with Crippen LogP contribution in [0.2, 0.25) is 25.2 Å². The molecule has 1 fully saturated rings. The van der Waals surface area contributed by atoms with Gasteiger partial charge in [-0.15, -0.1) is 11.3 Å². The molecule has 3 aromatic rings. The minimum atomic E-state index is -0.405. The lowest BCUT2D eigenvalue weighted by molar-refractivity contribution is -0.134. The molecule has 5 rings (SSSR count). The minimum absolute atomic E-state index is 0.0757. The monoisotopic (exact) mass is 648 g/mol. The van der Waals surface area contributed by atoms with Gasteiger partial charge in [0.25, 0.3) is 11.8 Å². The van der Waals surface area contributed by atoms with Crippen LogP contribution >= 0.6 is 69.3 Å². The van der Waals surface area contributed by atoms with Crippen LogP contribution in [0.1, 0.15) is 47.5 Å². The van der Waals surface area contributed by atoms with Crippen molar-refractivity contribution in [1.29, 1.82) is 0 Å². The molecule has 0 radical (unpaired) electrons. The number of ether oxygens (including phenoxy) is 2. The number of aromatic nitrogens is 2. The molecule has 1 saturated heterocycles. The van der Waals surface area contributed by atoms with E-state index in [0.717, 1.165) is 29.3 Å². The van der Waals surface area contributed by atoms with Gasteiger partial charge in [-0.1, -0.05) is 63.2 Å². The first-order valence-electron chi connectivity index (χ1n) is 11.9. The fourth-order valence-electron chi connectivity index (χ4n) is 4.43. The zero-order chi connectivity index (χ0) is 27.7. The van der Waals surface area contributed by atoms with Crippen LogP contribution in [0.15, 0.2) is 28.7 Å². The number of nitrogens with zero attached hydrogens (tertiary/aromatic N) is 4. The van der Waals surface area contributed by atoms with Gasteiger partial charge in [0.2, 0.25) is 0 Å². The molecule has 0 N–H and O–H groups in total. The van der Waals surface area contributed by atoms with Crippen LogP contribution in [-0.4, -0.2) is 53.3 Å². The molecule has 14 heteroatoms. The Labute approximate surface area is 253 Å². The molecule has 1 amide bonds. The van der Waals surface area contributed by atoms with Gasteiger partial charge in [-0.25, -0.2) is 4.98 Å². The normalized spacial score (nSPS) is 17.6. The average molecular weight is 651 g/mol. The van der Waals surface area contributed by atoms with Gasteiger partial charge in [0.15, 0.2) is 23.6 Å². The van der Waals surface area contributed by atoms with Gasteiger partial charge in [0.1, 0.15) is 5.71 Å². The summed E-state index contributed by atoms with van der Waals surface area (Å²) in [6.07, 6.45) is 1.66. The number of oxime groups is 1. The van der Waals surface area contributed by atoms with Gasteiger partial charge in [0.05, 0.1) is 32.9 Å². The Kier molecular flexibility index (Phi) is 8.95. The third-order valence-corrected chi connectivity index (χ3v) is 8.99. The van der Waals surface area contributed by atoms with Crippen molar-refractivity contribution >= 4 is 81.0 Å². The average Bonchev–Trinajstić information content (AvgIpc) is 3.59. The van der Waals surface area contributed by atoms with E-state index in [0.29, 0.717) is 45.9 Å². The van der Waals surface area contributed by atoms with E-state index in [2.05, 4.69) is 10.1 Å². The van der Waals surface area contributed by atoms with Crippen LogP contribution in [0.25, 0.3) is 0 Å². The molecule has 39 heavy (non-hydrogen) atoms. The van der Waals surface area contributed by atoms with Gasteiger partial charge >= 0.3 is 0 Å². The molecule has 1 unspecified atom stereocenters. The number of carbonyl (C=O) groups is 1. The molecule has 1 atom stereocenters. The Morgan fingerprint density at radius 1 is 1.08 bits per heavy atom. The van der Waals surface area contributed by atoms with Crippen LogP contribution in [0.3, 0.4) is 0 Å². The van der Waals surface area contributed by atoms with E-state index in [1.54, 1.807) is 28.4 Å². The van der Waals surface area contributed by atoms with E-state index in [4.69, 9.17) is 77.3 Å². The number of likely N-dealkylation sites (tertiary alicyclic amines) is 1. The number of thiazole rings is 1. The molecule has 8 nitrogen and oxygen atoms in total. The molecule has 4 heterocycles. The second-order valence-corrected chi connectivity index (χ2v) is 11.8. The Morgan fingerprint density at radius 3 is 2.49 bits per heavy atom. The minimum Gasteiger partial charge on any atom is -0.491 e. The maximum Gasteiger partial charge on any atom is 0.260 e. The number of methoxy groups -OCH3 is 1. The molecule has 2 aliphatic heterocycles. The van der Waals surface area contributed by atoms with E-state index in [1.165, 1.54) is 13.2 Å². The fourth-order valence-corrected chi connectivity index (χ4v) is 6.77. The van der Waals surface area contributed by atoms with Gasteiger partial charge in [-0.2, -0.15) is 4.98 Å². The summed E-state index contributed by atoms with van der Waals surface area (Å²) in [5.41, 5.74) is 2.17. The zero-order valence-electron chi connectivity index (χ0n) is 20.4. The molecule has 0 spiro atoms. The highest BCUT2D eigenvalue weighted by atomic mass is 35.5. The van der Waals surface area contributed by atoms with Crippen molar-refractivity contribution in [1.82, 2.24) is 14.9 Å². The van der Waals surface area contributed by atoms with Crippen molar-refractivity contribution < 1.29 is 19.1 Å². The van der Waals surface area contributed by atoms with Crippen LogP contribution in [-0.2, 0) is 9.63 Å². The van der Waals surface area contributed by atoms with Gasteiger partial charge in [-0.3, -0.25) is 4.79 Å². The third kappa shape index (κ3) is 6.34. The number of rotatable bonds is 7. The summed E-state index contributed by atoms with van der Waals surface area (Å²) in [4.78, 5) is 29.1. The number of amides is 1. The summed E-state index contributed by atoms with van der Waals surface area (Å²) < 4.78 is 10.8. The van der Waals surface area contributed by atoms with E-state index in [-0.39, 0.29) is 34.5 Å². The van der Waals surface area contributed by atoms with Gasteiger partial charge < -0.3 is 19.2 Å². The molecular formula is C25H21Cl5N4O4S. The summed E-state index contributed by atoms with van der Waals surface area (Å²) in [5, 5.41) is 8.88. The first kappa shape index (κ1) is 28.5. The van der Waals surface area contributed by atoms with E-state index in [1.807, 2.05) is 5.38 Å².